The average Bonchev–Trinajstić information content (AvgIpc) is 2.42. The minimum absolute atomic E-state index is 0.0671. The van der Waals surface area contributed by atoms with E-state index < -0.39 is 0 Å². The first-order valence-corrected chi connectivity index (χ1v) is 6.68. The summed E-state index contributed by atoms with van der Waals surface area (Å²) in [6, 6.07) is 5.64. The van der Waals surface area contributed by atoms with Gasteiger partial charge in [0.05, 0.1) is 24.1 Å². The highest BCUT2D eigenvalue weighted by Crippen LogP contribution is 2.25. The van der Waals surface area contributed by atoms with Crippen molar-refractivity contribution in [3.63, 3.8) is 0 Å². The molecule has 19 heavy (non-hydrogen) atoms. The minimum atomic E-state index is -0.0671. The molecule has 0 spiro atoms. The van der Waals surface area contributed by atoms with Crippen molar-refractivity contribution in [1.29, 1.82) is 0 Å². The van der Waals surface area contributed by atoms with E-state index >= 15 is 0 Å². The van der Waals surface area contributed by atoms with Crippen LogP contribution in [0.25, 0.3) is 0 Å². The Morgan fingerprint density at radius 3 is 2.79 bits per heavy atom. The monoisotopic (exact) mass is 263 g/mol. The molecule has 0 saturated heterocycles. The van der Waals surface area contributed by atoms with Gasteiger partial charge in [-0.25, -0.2) is 0 Å². The molecule has 0 atom stereocenters. The molecule has 0 saturated carbocycles. The predicted molar refractivity (Wildman–Crippen MR) is 76.8 cm³/mol. The molecule has 1 heterocycles. The van der Waals surface area contributed by atoms with Crippen LogP contribution in [0.5, 0.6) is 0 Å². The van der Waals surface area contributed by atoms with Gasteiger partial charge in [-0.2, -0.15) is 0 Å². The first-order chi connectivity index (χ1) is 9.16. The van der Waals surface area contributed by atoms with E-state index in [1.54, 1.807) is 0 Å². The van der Waals surface area contributed by atoms with Gasteiger partial charge in [0.2, 0.25) is 0 Å². The van der Waals surface area contributed by atoms with E-state index in [1.165, 1.54) is 0 Å². The van der Waals surface area contributed by atoms with Crippen molar-refractivity contribution in [2.45, 2.75) is 20.0 Å². The molecule has 5 nitrogen and oxygen atoms in total. The number of hydrogen-bond donors (Lipinski definition) is 3. The molecular weight excluding hydrogens is 242 g/mol. The van der Waals surface area contributed by atoms with Gasteiger partial charge < -0.3 is 20.7 Å². The van der Waals surface area contributed by atoms with Crippen LogP contribution in [0.1, 0.15) is 24.2 Å². The predicted octanol–water partition coefficient (Wildman–Crippen LogP) is 1.68. The Labute approximate surface area is 113 Å². The van der Waals surface area contributed by atoms with Crippen molar-refractivity contribution in [3.05, 3.63) is 23.8 Å². The van der Waals surface area contributed by atoms with Gasteiger partial charge in [0.15, 0.2) is 0 Å². The fourth-order valence-corrected chi connectivity index (χ4v) is 1.94. The first kappa shape index (κ1) is 13.7. The fraction of sp³-hybridized carbons (Fsp3) is 0.500. The van der Waals surface area contributed by atoms with Crippen molar-refractivity contribution in [1.82, 2.24) is 5.32 Å². The highest BCUT2D eigenvalue weighted by Gasteiger charge is 2.11. The summed E-state index contributed by atoms with van der Waals surface area (Å²) in [6.07, 6.45) is 0.191. The Morgan fingerprint density at radius 1 is 1.32 bits per heavy atom. The quantitative estimate of drug-likeness (QED) is 0.707. The summed E-state index contributed by atoms with van der Waals surface area (Å²) in [4.78, 5) is 12.0. The number of rotatable bonds is 5. The van der Waals surface area contributed by atoms with Gasteiger partial charge in [0.1, 0.15) is 0 Å². The van der Waals surface area contributed by atoms with Crippen molar-refractivity contribution < 1.29 is 9.53 Å². The summed E-state index contributed by atoms with van der Waals surface area (Å²) >= 11 is 0. The molecule has 0 aromatic heterocycles. The lowest BCUT2D eigenvalue weighted by Gasteiger charge is -2.20. The van der Waals surface area contributed by atoms with Gasteiger partial charge in [-0.15, -0.1) is 0 Å². The van der Waals surface area contributed by atoms with Gasteiger partial charge in [0.25, 0.3) is 5.91 Å². The second-order valence-electron chi connectivity index (χ2n) is 4.79. The normalized spacial score (nSPS) is 13.4. The molecule has 5 heteroatoms. The molecule has 1 aromatic rings. The lowest BCUT2D eigenvalue weighted by atomic mass is 10.1. The molecule has 2 rings (SSSR count). The van der Waals surface area contributed by atoms with E-state index in [4.69, 9.17) is 4.74 Å². The molecular formula is C14H21N3O2. The third-order valence-electron chi connectivity index (χ3n) is 2.88. The Bertz CT molecular complexity index is 446. The van der Waals surface area contributed by atoms with Crippen molar-refractivity contribution >= 4 is 17.3 Å². The van der Waals surface area contributed by atoms with E-state index in [9.17, 15) is 4.79 Å². The maximum atomic E-state index is 12.0. The second-order valence-corrected chi connectivity index (χ2v) is 4.79. The number of fused-ring (bicyclic) bond motifs is 1. The van der Waals surface area contributed by atoms with E-state index in [0.29, 0.717) is 18.7 Å². The Kier molecular flexibility index (Phi) is 4.63. The van der Waals surface area contributed by atoms with Crippen LogP contribution in [0.2, 0.25) is 0 Å². The van der Waals surface area contributed by atoms with Crippen LogP contribution in [0.15, 0.2) is 18.2 Å². The second kappa shape index (κ2) is 6.43. The molecule has 0 aliphatic carbocycles. The average molecular weight is 263 g/mol. The number of ether oxygens (including phenoxy) is 1. The fourth-order valence-electron chi connectivity index (χ4n) is 1.94. The van der Waals surface area contributed by atoms with Crippen molar-refractivity contribution in [2.24, 2.45) is 0 Å². The van der Waals surface area contributed by atoms with Crippen molar-refractivity contribution in [3.8, 4) is 0 Å². The highest BCUT2D eigenvalue weighted by atomic mass is 16.5. The summed E-state index contributed by atoms with van der Waals surface area (Å²) in [5, 5.41) is 9.40. The Morgan fingerprint density at radius 2 is 2.05 bits per heavy atom. The first-order valence-electron chi connectivity index (χ1n) is 6.68. The van der Waals surface area contributed by atoms with Gasteiger partial charge in [0, 0.05) is 25.2 Å². The third kappa shape index (κ3) is 3.86. The standard InChI is InChI=1S/C14H21N3O2/c1-10(2)19-8-7-17-14(18)11-3-4-12-13(9-11)16-6-5-15-12/h3-4,9-10,15-16H,5-8H2,1-2H3,(H,17,18). The van der Waals surface area contributed by atoms with Crippen LogP contribution in [-0.2, 0) is 4.74 Å². The van der Waals surface area contributed by atoms with Crippen LogP contribution in [-0.4, -0.2) is 38.3 Å². The zero-order valence-electron chi connectivity index (χ0n) is 11.5. The van der Waals surface area contributed by atoms with Crippen LogP contribution in [0.3, 0.4) is 0 Å². The lowest BCUT2D eigenvalue weighted by Crippen LogP contribution is -2.28. The van der Waals surface area contributed by atoms with Crippen LogP contribution >= 0.6 is 0 Å². The lowest BCUT2D eigenvalue weighted by molar-refractivity contribution is 0.0746. The number of carbonyl (C=O) groups excluding carboxylic acids is 1. The summed E-state index contributed by atoms with van der Waals surface area (Å²) in [6.45, 7) is 6.80. The Balaban J connectivity index is 1.88. The Hall–Kier alpha value is -1.75. The van der Waals surface area contributed by atoms with Gasteiger partial charge in [-0.1, -0.05) is 0 Å². The minimum Gasteiger partial charge on any atom is -0.382 e. The van der Waals surface area contributed by atoms with E-state index in [1.807, 2.05) is 32.0 Å². The third-order valence-corrected chi connectivity index (χ3v) is 2.88. The van der Waals surface area contributed by atoms with Gasteiger partial charge in [-0.3, -0.25) is 4.79 Å². The smallest absolute Gasteiger partial charge is 0.251 e. The molecule has 1 aliphatic heterocycles. The summed E-state index contributed by atoms with van der Waals surface area (Å²) in [5.41, 5.74) is 2.70. The molecule has 1 aromatic carbocycles. The zero-order chi connectivity index (χ0) is 13.7. The molecule has 0 bridgehead atoms. The number of benzene rings is 1. The molecule has 0 fully saturated rings. The molecule has 1 amide bonds. The van der Waals surface area contributed by atoms with E-state index in [0.717, 1.165) is 24.5 Å². The zero-order valence-corrected chi connectivity index (χ0v) is 11.5. The van der Waals surface area contributed by atoms with Gasteiger partial charge in [-0.05, 0) is 32.0 Å². The van der Waals surface area contributed by atoms with E-state index in [2.05, 4.69) is 16.0 Å². The van der Waals surface area contributed by atoms with Gasteiger partial charge >= 0.3 is 0 Å². The van der Waals surface area contributed by atoms with Crippen LogP contribution in [0.4, 0.5) is 11.4 Å². The highest BCUT2D eigenvalue weighted by molar-refractivity contribution is 5.96. The summed E-state index contributed by atoms with van der Waals surface area (Å²) < 4.78 is 5.38. The van der Waals surface area contributed by atoms with E-state index in [-0.39, 0.29) is 12.0 Å². The maximum Gasteiger partial charge on any atom is 0.251 e. The maximum absolute atomic E-state index is 12.0. The number of carbonyl (C=O) groups is 1. The largest absolute Gasteiger partial charge is 0.382 e. The molecule has 0 unspecified atom stereocenters. The van der Waals surface area contributed by atoms with Crippen LogP contribution < -0.4 is 16.0 Å². The topological polar surface area (TPSA) is 62.4 Å². The molecule has 104 valence electrons. The van der Waals surface area contributed by atoms with Crippen molar-refractivity contribution in [2.75, 3.05) is 36.9 Å². The number of nitrogens with one attached hydrogen (secondary N) is 3. The number of anilines is 2. The molecule has 0 radical (unpaired) electrons. The molecule has 1 aliphatic rings. The summed E-state index contributed by atoms with van der Waals surface area (Å²) in [7, 11) is 0. The number of amides is 1. The number of hydrogen-bond acceptors (Lipinski definition) is 4. The van der Waals surface area contributed by atoms with Crippen LogP contribution in [0, 0.1) is 0 Å². The SMILES string of the molecule is CC(C)OCCNC(=O)c1ccc2c(c1)NCCN2. The summed E-state index contributed by atoms with van der Waals surface area (Å²) in [5.74, 6) is -0.0671. The molecule has 3 N–H and O–H groups in total.